The lowest BCUT2D eigenvalue weighted by Gasteiger charge is -2.00. The van der Waals surface area contributed by atoms with Gasteiger partial charge in [0, 0.05) is 0 Å². The topological polar surface area (TPSA) is 49.3 Å². The smallest absolute Gasteiger partial charge is 0.261 e. The number of hydrogen-bond acceptors (Lipinski definition) is 3. The number of alkyl halides is 2. The van der Waals surface area contributed by atoms with Crippen molar-refractivity contribution in [3.05, 3.63) is 21.9 Å². The second kappa shape index (κ2) is 6.20. The first kappa shape index (κ1) is 12.6. The lowest BCUT2D eigenvalue weighted by Crippen LogP contribution is -2.27. The summed E-state index contributed by atoms with van der Waals surface area (Å²) >= 11 is 1.09. The molecule has 1 heterocycles. The van der Waals surface area contributed by atoms with E-state index in [1.807, 2.05) is 0 Å². The van der Waals surface area contributed by atoms with Gasteiger partial charge >= 0.3 is 0 Å². The van der Waals surface area contributed by atoms with E-state index in [1.165, 1.54) is 6.07 Å². The van der Waals surface area contributed by atoms with Crippen LogP contribution in [-0.2, 0) is 0 Å². The normalized spacial score (nSPS) is 9.75. The second-order valence-electron chi connectivity index (χ2n) is 2.72. The molecule has 0 aliphatic rings. The van der Waals surface area contributed by atoms with Crippen LogP contribution in [-0.4, -0.2) is 30.6 Å². The summed E-state index contributed by atoms with van der Waals surface area (Å²) in [6, 6.07) is 3.11. The van der Waals surface area contributed by atoms with Crippen LogP contribution < -0.4 is 5.32 Å². The Balaban J connectivity index is 2.60. The number of nitrogens with one attached hydrogen (secondary N) is 1. The lowest BCUT2D eigenvalue weighted by atomic mass is 10.4. The molecule has 0 saturated heterocycles. The maximum absolute atomic E-state index is 11.8. The van der Waals surface area contributed by atoms with Crippen LogP contribution in [0.1, 0.15) is 14.5 Å². The summed E-state index contributed by atoms with van der Waals surface area (Å²) in [5.74, 6) is 4.52. The number of thiophene rings is 1. The number of carbonyl (C=O) groups excluding carboxylic acids is 1. The van der Waals surface area contributed by atoms with Gasteiger partial charge in [-0.2, -0.15) is 0 Å². The summed E-state index contributed by atoms with van der Waals surface area (Å²) in [5, 5.41) is 10.5. The molecule has 0 fully saturated rings. The molecule has 1 aromatic heterocycles. The molecule has 2 N–H and O–H groups in total. The van der Waals surface area contributed by atoms with E-state index in [4.69, 9.17) is 5.11 Å². The number of aliphatic hydroxyl groups excluding tert-OH is 1. The fraction of sp³-hybridized carbons (Fsp3) is 0.300. The molecule has 0 aliphatic heterocycles. The first-order valence-corrected chi connectivity index (χ1v) is 5.21. The summed E-state index contributed by atoms with van der Waals surface area (Å²) in [5.41, 5.74) is 0. The summed E-state index contributed by atoms with van der Waals surface area (Å²) in [6.07, 6.45) is -2.56. The van der Waals surface area contributed by atoms with Gasteiger partial charge in [0.1, 0.15) is 6.61 Å². The lowest BCUT2D eigenvalue weighted by molar-refractivity contribution is 0.0895. The Morgan fingerprint density at radius 2 is 2.31 bits per heavy atom. The molecule has 16 heavy (non-hydrogen) atoms. The zero-order chi connectivity index (χ0) is 12.0. The molecule has 0 spiro atoms. The van der Waals surface area contributed by atoms with Gasteiger partial charge in [-0.3, -0.25) is 4.79 Å². The first-order valence-electron chi connectivity index (χ1n) is 4.39. The Labute approximate surface area is 95.1 Å². The number of hydrogen-bond donors (Lipinski definition) is 2. The average molecular weight is 245 g/mol. The number of halogens is 2. The Morgan fingerprint density at radius 1 is 1.56 bits per heavy atom. The van der Waals surface area contributed by atoms with E-state index in [2.05, 4.69) is 17.2 Å². The number of amides is 1. The minimum absolute atomic E-state index is 0.259. The van der Waals surface area contributed by atoms with Crippen LogP contribution in [0.5, 0.6) is 0 Å². The fourth-order valence-corrected chi connectivity index (χ4v) is 1.71. The van der Waals surface area contributed by atoms with Crippen LogP contribution in [0.15, 0.2) is 12.1 Å². The molecule has 86 valence electrons. The van der Waals surface area contributed by atoms with Crippen molar-refractivity contribution in [2.24, 2.45) is 0 Å². The van der Waals surface area contributed by atoms with E-state index in [9.17, 15) is 13.6 Å². The van der Waals surface area contributed by atoms with Crippen molar-refractivity contribution in [2.75, 3.05) is 13.2 Å². The minimum atomic E-state index is -2.56. The van der Waals surface area contributed by atoms with Crippen molar-refractivity contribution < 1.29 is 18.7 Å². The Kier molecular flexibility index (Phi) is 4.89. The molecule has 0 bridgehead atoms. The highest BCUT2D eigenvalue weighted by Gasteiger charge is 2.10. The maximum Gasteiger partial charge on any atom is 0.261 e. The van der Waals surface area contributed by atoms with Crippen LogP contribution >= 0.6 is 11.3 Å². The highest BCUT2D eigenvalue weighted by molar-refractivity contribution is 7.14. The largest absolute Gasteiger partial charge is 0.384 e. The minimum Gasteiger partial charge on any atom is -0.384 e. The van der Waals surface area contributed by atoms with Gasteiger partial charge in [-0.25, -0.2) is 8.78 Å². The van der Waals surface area contributed by atoms with E-state index >= 15 is 0 Å². The van der Waals surface area contributed by atoms with Crippen LogP contribution in [0.3, 0.4) is 0 Å². The van der Waals surface area contributed by atoms with Gasteiger partial charge in [0.05, 0.1) is 16.3 Å². The molecule has 0 aromatic carbocycles. The third-order valence-electron chi connectivity index (χ3n) is 1.54. The summed E-state index contributed by atoms with van der Waals surface area (Å²) in [4.78, 5) is 12.2. The Bertz CT molecular complexity index is 420. The average Bonchev–Trinajstić information content (AvgIpc) is 2.71. The molecule has 1 rings (SSSR count). The zero-order valence-electron chi connectivity index (χ0n) is 8.17. The Morgan fingerprint density at radius 3 is 2.94 bits per heavy atom. The van der Waals surface area contributed by atoms with Gasteiger partial charge in [0.2, 0.25) is 0 Å². The molecule has 3 nitrogen and oxygen atoms in total. The summed E-state index contributed by atoms with van der Waals surface area (Å²) in [6.45, 7) is -0.917. The van der Waals surface area contributed by atoms with Gasteiger partial charge in [-0.1, -0.05) is 11.8 Å². The van der Waals surface area contributed by atoms with Crippen LogP contribution in [0, 0.1) is 11.8 Å². The molecule has 0 unspecified atom stereocenters. The quantitative estimate of drug-likeness (QED) is 0.783. The van der Waals surface area contributed by atoms with E-state index in [0.717, 1.165) is 11.3 Å². The molecule has 0 saturated carbocycles. The second-order valence-corrected chi connectivity index (χ2v) is 3.81. The van der Waals surface area contributed by atoms with Gasteiger partial charge in [-0.05, 0) is 12.1 Å². The van der Waals surface area contributed by atoms with Crippen LogP contribution in [0.25, 0.3) is 0 Å². The number of aliphatic hydroxyl groups is 1. The highest BCUT2D eigenvalue weighted by atomic mass is 32.1. The molecule has 0 atom stereocenters. The van der Waals surface area contributed by atoms with E-state index in [1.54, 1.807) is 6.07 Å². The summed E-state index contributed by atoms with van der Waals surface area (Å²) < 4.78 is 23.6. The standard InChI is InChI=1S/C10H9F2NO2S/c11-9(12)6-13-10(15)8-4-3-7(16-8)2-1-5-14/h3-4,9,14H,5-6H2,(H,13,15). The Hall–Kier alpha value is -1.45. The monoisotopic (exact) mass is 245 g/mol. The van der Waals surface area contributed by atoms with E-state index in [0.29, 0.717) is 9.75 Å². The van der Waals surface area contributed by atoms with Gasteiger partial charge in [0.25, 0.3) is 12.3 Å². The number of carbonyl (C=O) groups is 1. The summed E-state index contributed by atoms with van der Waals surface area (Å²) in [7, 11) is 0. The van der Waals surface area contributed by atoms with Crippen molar-refractivity contribution in [2.45, 2.75) is 6.43 Å². The van der Waals surface area contributed by atoms with Gasteiger partial charge < -0.3 is 10.4 Å². The number of rotatable bonds is 3. The highest BCUT2D eigenvalue weighted by Crippen LogP contribution is 2.15. The van der Waals surface area contributed by atoms with Gasteiger partial charge in [0.15, 0.2) is 0 Å². The molecule has 0 aliphatic carbocycles. The SMILES string of the molecule is O=C(NCC(F)F)c1ccc(C#CCO)s1. The van der Waals surface area contributed by atoms with Crippen molar-refractivity contribution >= 4 is 17.2 Å². The fourth-order valence-electron chi connectivity index (χ4n) is 0.911. The molecular weight excluding hydrogens is 236 g/mol. The first-order chi connectivity index (χ1) is 7.63. The van der Waals surface area contributed by atoms with E-state index in [-0.39, 0.29) is 6.61 Å². The van der Waals surface area contributed by atoms with Crippen LogP contribution in [0.4, 0.5) is 8.78 Å². The van der Waals surface area contributed by atoms with E-state index < -0.39 is 18.9 Å². The third-order valence-corrected chi connectivity index (χ3v) is 2.54. The van der Waals surface area contributed by atoms with Crippen molar-refractivity contribution in [3.8, 4) is 11.8 Å². The molecule has 6 heteroatoms. The van der Waals surface area contributed by atoms with Crippen molar-refractivity contribution in [1.29, 1.82) is 0 Å². The van der Waals surface area contributed by atoms with Gasteiger partial charge in [-0.15, -0.1) is 11.3 Å². The predicted octanol–water partition coefficient (Wildman–Crippen LogP) is 1.09. The third kappa shape index (κ3) is 3.96. The molecule has 1 amide bonds. The van der Waals surface area contributed by atoms with Crippen molar-refractivity contribution in [1.82, 2.24) is 5.32 Å². The molecule has 0 radical (unpaired) electrons. The van der Waals surface area contributed by atoms with Crippen LogP contribution in [0.2, 0.25) is 0 Å². The zero-order valence-corrected chi connectivity index (χ0v) is 8.98. The molecule has 1 aromatic rings. The predicted molar refractivity (Wildman–Crippen MR) is 56.6 cm³/mol. The maximum atomic E-state index is 11.8. The van der Waals surface area contributed by atoms with Crippen molar-refractivity contribution in [3.63, 3.8) is 0 Å². The molecular formula is C10H9F2NO2S.